The first-order valence-corrected chi connectivity index (χ1v) is 6.60. The van der Waals surface area contributed by atoms with Crippen molar-refractivity contribution in [1.82, 2.24) is 0 Å². The summed E-state index contributed by atoms with van der Waals surface area (Å²) in [4.78, 5) is 0. The van der Waals surface area contributed by atoms with E-state index in [2.05, 4.69) is 24.3 Å². The van der Waals surface area contributed by atoms with Crippen LogP contribution in [0.5, 0.6) is 0 Å². The van der Waals surface area contributed by atoms with Gasteiger partial charge in [0, 0.05) is 12.3 Å². The van der Waals surface area contributed by atoms with Crippen LogP contribution in [0, 0.1) is 0 Å². The molecule has 0 aliphatic heterocycles. The second-order valence-corrected chi connectivity index (χ2v) is 4.78. The Kier molecular flexibility index (Phi) is 3.34. The molecule has 1 nitrogen and oxygen atoms in total. The van der Waals surface area contributed by atoms with Gasteiger partial charge in [-0.3, -0.25) is 0 Å². The van der Waals surface area contributed by atoms with Gasteiger partial charge in [-0.2, -0.15) is 0 Å². The lowest BCUT2D eigenvalue weighted by Gasteiger charge is -2.34. The van der Waals surface area contributed by atoms with Gasteiger partial charge in [-0.05, 0) is 24.0 Å². The molecule has 0 aromatic heterocycles. The van der Waals surface area contributed by atoms with E-state index in [0.29, 0.717) is 5.92 Å². The Balaban J connectivity index is 0.000000457. The van der Waals surface area contributed by atoms with Crippen LogP contribution in [0.1, 0.15) is 56.6 Å². The lowest BCUT2D eigenvalue weighted by molar-refractivity contribution is -0.00490. The average Bonchev–Trinajstić information content (AvgIpc) is 2.63. The van der Waals surface area contributed by atoms with E-state index in [1.807, 2.05) is 13.8 Å². The van der Waals surface area contributed by atoms with Crippen molar-refractivity contribution in [1.29, 1.82) is 0 Å². The molecular formula is C15H22O. The van der Waals surface area contributed by atoms with Gasteiger partial charge >= 0.3 is 0 Å². The molecule has 0 spiro atoms. The number of aliphatic hydroxyl groups is 1. The molecule has 2 unspecified atom stereocenters. The van der Waals surface area contributed by atoms with Crippen LogP contribution >= 0.6 is 0 Å². The zero-order valence-electron chi connectivity index (χ0n) is 10.4. The van der Waals surface area contributed by atoms with Crippen molar-refractivity contribution in [3.8, 4) is 0 Å². The van der Waals surface area contributed by atoms with Gasteiger partial charge in [-0.1, -0.05) is 51.0 Å². The summed E-state index contributed by atoms with van der Waals surface area (Å²) in [6.07, 6.45) is 5.52. The van der Waals surface area contributed by atoms with Crippen molar-refractivity contribution < 1.29 is 5.11 Å². The predicted octanol–water partition coefficient (Wildman–Crippen LogP) is 3.66. The third-order valence-electron chi connectivity index (χ3n) is 3.93. The monoisotopic (exact) mass is 218 g/mol. The van der Waals surface area contributed by atoms with E-state index < -0.39 is 5.60 Å². The molecule has 2 aliphatic rings. The largest absolute Gasteiger partial charge is 0.389 e. The first-order valence-electron chi connectivity index (χ1n) is 6.60. The van der Waals surface area contributed by atoms with Gasteiger partial charge in [0.05, 0.1) is 5.60 Å². The van der Waals surface area contributed by atoms with Crippen LogP contribution in [0.15, 0.2) is 24.3 Å². The Morgan fingerprint density at radius 1 is 1.19 bits per heavy atom. The highest BCUT2D eigenvalue weighted by atomic mass is 16.3. The topological polar surface area (TPSA) is 20.2 Å². The fourth-order valence-corrected chi connectivity index (χ4v) is 3.24. The number of hydrogen-bond acceptors (Lipinski definition) is 1. The Labute approximate surface area is 98.5 Å². The van der Waals surface area contributed by atoms with Crippen LogP contribution in [0.3, 0.4) is 0 Å². The summed E-state index contributed by atoms with van der Waals surface area (Å²) in [6, 6.07) is 8.55. The van der Waals surface area contributed by atoms with Crippen LogP contribution in [0.2, 0.25) is 0 Å². The van der Waals surface area contributed by atoms with Gasteiger partial charge in [-0.15, -0.1) is 0 Å². The molecule has 1 N–H and O–H groups in total. The van der Waals surface area contributed by atoms with Crippen molar-refractivity contribution in [2.75, 3.05) is 0 Å². The Bertz CT molecular complexity index is 358. The van der Waals surface area contributed by atoms with Crippen LogP contribution in [-0.4, -0.2) is 10.7 Å². The van der Waals surface area contributed by atoms with E-state index in [-0.39, 0.29) is 0 Å². The normalized spacial score (nSPS) is 31.1. The molecule has 2 atom stereocenters. The highest BCUT2D eigenvalue weighted by molar-refractivity contribution is 5.40. The van der Waals surface area contributed by atoms with Crippen molar-refractivity contribution >= 4 is 0 Å². The minimum absolute atomic E-state index is 0.401. The van der Waals surface area contributed by atoms with Crippen LogP contribution in [0.25, 0.3) is 0 Å². The summed E-state index contributed by atoms with van der Waals surface area (Å²) in [7, 11) is 0. The molecule has 88 valence electrons. The van der Waals surface area contributed by atoms with Crippen LogP contribution in [-0.2, 0) is 6.42 Å². The number of benzene rings is 1. The number of fused-ring (bicyclic) bond motifs is 3. The molecule has 0 heterocycles. The average molecular weight is 218 g/mol. The molecule has 2 aliphatic carbocycles. The number of rotatable bonds is 0. The molecule has 1 saturated carbocycles. The zero-order chi connectivity index (χ0) is 11.6. The molecule has 0 radical (unpaired) electrons. The van der Waals surface area contributed by atoms with E-state index >= 15 is 0 Å². The van der Waals surface area contributed by atoms with Crippen molar-refractivity contribution in [3.63, 3.8) is 0 Å². The lowest BCUT2D eigenvalue weighted by Crippen LogP contribution is -2.36. The van der Waals surface area contributed by atoms with Gasteiger partial charge in [0.2, 0.25) is 0 Å². The molecule has 1 heteroatoms. The van der Waals surface area contributed by atoms with Crippen LogP contribution in [0.4, 0.5) is 0 Å². The maximum absolute atomic E-state index is 10.5. The van der Waals surface area contributed by atoms with Gasteiger partial charge in [0.25, 0.3) is 0 Å². The quantitative estimate of drug-likeness (QED) is 0.704. The Morgan fingerprint density at radius 2 is 1.94 bits per heavy atom. The summed E-state index contributed by atoms with van der Waals surface area (Å²) in [6.45, 7) is 4.00. The van der Waals surface area contributed by atoms with Crippen LogP contribution < -0.4 is 0 Å². The van der Waals surface area contributed by atoms with Gasteiger partial charge in [-0.25, -0.2) is 0 Å². The standard InChI is InChI=1S/C13H16O.C2H6/c14-13-8-4-3-7-12(13)11-6-2-1-5-10(11)9-13;1-2/h1-2,5-6,12,14H,3-4,7-9H2;1-2H3. The summed E-state index contributed by atoms with van der Waals surface area (Å²) in [5.41, 5.74) is 2.39. The number of hydrogen-bond donors (Lipinski definition) is 1. The van der Waals surface area contributed by atoms with E-state index in [9.17, 15) is 5.11 Å². The molecule has 3 rings (SSSR count). The van der Waals surface area contributed by atoms with E-state index in [4.69, 9.17) is 0 Å². The fourth-order valence-electron chi connectivity index (χ4n) is 3.24. The van der Waals surface area contributed by atoms with Crippen molar-refractivity contribution in [2.24, 2.45) is 0 Å². The molecule has 1 aromatic rings. The molecule has 16 heavy (non-hydrogen) atoms. The third kappa shape index (κ3) is 1.78. The third-order valence-corrected chi connectivity index (χ3v) is 3.93. The van der Waals surface area contributed by atoms with Gasteiger partial charge in [0.15, 0.2) is 0 Å². The van der Waals surface area contributed by atoms with Gasteiger partial charge < -0.3 is 5.11 Å². The van der Waals surface area contributed by atoms with E-state index in [1.54, 1.807) is 0 Å². The maximum Gasteiger partial charge on any atom is 0.0756 e. The highest BCUT2D eigenvalue weighted by Gasteiger charge is 2.45. The Morgan fingerprint density at radius 3 is 2.75 bits per heavy atom. The minimum atomic E-state index is -0.401. The molecule has 0 bridgehead atoms. The van der Waals surface area contributed by atoms with Crippen molar-refractivity contribution in [2.45, 2.75) is 57.5 Å². The van der Waals surface area contributed by atoms with Crippen molar-refractivity contribution in [3.05, 3.63) is 35.4 Å². The molecule has 1 aromatic carbocycles. The zero-order valence-corrected chi connectivity index (χ0v) is 10.4. The summed E-state index contributed by atoms with van der Waals surface area (Å²) in [5, 5.41) is 10.5. The first-order chi connectivity index (χ1) is 7.80. The summed E-state index contributed by atoms with van der Waals surface area (Å²) < 4.78 is 0. The highest BCUT2D eigenvalue weighted by Crippen LogP contribution is 2.49. The smallest absolute Gasteiger partial charge is 0.0756 e. The summed E-state index contributed by atoms with van der Waals surface area (Å²) >= 11 is 0. The van der Waals surface area contributed by atoms with Gasteiger partial charge in [0.1, 0.15) is 0 Å². The molecule has 1 fully saturated rings. The second-order valence-electron chi connectivity index (χ2n) is 4.78. The Hall–Kier alpha value is -0.820. The second kappa shape index (κ2) is 4.58. The molecular weight excluding hydrogens is 196 g/mol. The minimum Gasteiger partial charge on any atom is -0.389 e. The lowest BCUT2D eigenvalue weighted by atomic mass is 9.76. The van der Waals surface area contributed by atoms with E-state index in [0.717, 1.165) is 12.8 Å². The first kappa shape index (κ1) is 11.7. The maximum atomic E-state index is 10.5. The summed E-state index contributed by atoms with van der Waals surface area (Å²) in [5.74, 6) is 0.424. The SMILES string of the molecule is CC.OC12CCCCC1c1ccccc1C2. The molecule has 0 amide bonds. The van der Waals surface area contributed by atoms with E-state index in [1.165, 1.54) is 30.4 Å². The fraction of sp³-hybridized carbons (Fsp3) is 0.600. The molecule has 0 saturated heterocycles. The predicted molar refractivity (Wildman–Crippen MR) is 67.7 cm³/mol.